The maximum Gasteiger partial charge on any atom is 0.420 e. The minimum absolute atomic E-state index is 0.00741. The van der Waals surface area contributed by atoms with Crippen LogP contribution in [0, 0.1) is 6.92 Å². The van der Waals surface area contributed by atoms with E-state index in [4.69, 9.17) is 9.52 Å². The van der Waals surface area contributed by atoms with Gasteiger partial charge in [0.15, 0.2) is 5.58 Å². The van der Waals surface area contributed by atoms with E-state index in [1.165, 1.54) is 22.8 Å². The summed E-state index contributed by atoms with van der Waals surface area (Å²) in [5, 5.41) is 12.0. The van der Waals surface area contributed by atoms with Crippen LogP contribution >= 0.6 is 0 Å². The van der Waals surface area contributed by atoms with Crippen molar-refractivity contribution in [3.63, 3.8) is 0 Å². The van der Waals surface area contributed by atoms with Crippen molar-refractivity contribution in [2.75, 3.05) is 5.32 Å². The van der Waals surface area contributed by atoms with E-state index in [2.05, 4.69) is 5.32 Å². The van der Waals surface area contributed by atoms with Crippen LogP contribution in [0.2, 0.25) is 0 Å². The number of hydrogen-bond donors (Lipinski definition) is 2. The number of carboxylic acid groups (broad SMARTS) is 1. The number of carbonyl (C=O) groups is 2. The van der Waals surface area contributed by atoms with Gasteiger partial charge in [-0.05, 0) is 49.6 Å². The van der Waals surface area contributed by atoms with Crippen molar-refractivity contribution in [3.05, 3.63) is 63.6 Å². The first-order chi connectivity index (χ1) is 12.8. The molecule has 3 aromatic rings. The van der Waals surface area contributed by atoms with Crippen LogP contribution in [0.5, 0.6) is 0 Å². The summed E-state index contributed by atoms with van der Waals surface area (Å²) in [5.41, 5.74) is 3.19. The Kier molecular flexibility index (Phi) is 4.85. The average Bonchev–Trinajstić information content (AvgIpc) is 2.97. The minimum Gasteiger partial charge on any atom is -0.478 e. The van der Waals surface area contributed by atoms with Crippen molar-refractivity contribution in [2.45, 2.75) is 33.2 Å². The summed E-state index contributed by atoms with van der Waals surface area (Å²) >= 11 is 0. The molecule has 0 spiro atoms. The smallest absolute Gasteiger partial charge is 0.420 e. The number of fused-ring (bicyclic) bond motifs is 1. The van der Waals surface area contributed by atoms with Gasteiger partial charge in [0.2, 0.25) is 5.91 Å². The minimum atomic E-state index is -1.12. The zero-order valence-electron chi connectivity index (χ0n) is 15.3. The predicted molar refractivity (Wildman–Crippen MR) is 101 cm³/mol. The van der Waals surface area contributed by atoms with E-state index in [0.29, 0.717) is 5.52 Å². The summed E-state index contributed by atoms with van der Waals surface area (Å²) in [6, 6.07) is 9.07. The lowest BCUT2D eigenvalue weighted by atomic mass is 10.1. The summed E-state index contributed by atoms with van der Waals surface area (Å²) in [6.45, 7) is 5.51. The molecule has 0 aliphatic carbocycles. The number of rotatable bonds is 5. The maximum absolute atomic E-state index is 12.8. The molecule has 0 saturated heterocycles. The highest BCUT2D eigenvalue weighted by Gasteiger charge is 2.23. The molecule has 1 heterocycles. The summed E-state index contributed by atoms with van der Waals surface area (Å²) in [4.78, 5) is 36.2. The van der Waals surface area contributed by atoms with E-state index in [-0.39, 0.29) is 17.1 Å². The van der Waals surface area contributed by atoms with Crippen LogP contribution in [-0.2, 0) is 11.2 Å². The van der Waals surface area contributed by atoms with Crippen molar-refractivity contribution < 1.29 is 19.1 Å². The number of carbonyl (C=O) groups excluding carboxylic acids is 1. The van der Waals surface area contributed by atoms with Crippen molar-refractivity contribution in [1.82, 2.24) is 4.57 Å². The molecule has 2 aromatic carbocycles. The third-order valence-electron chi connectivity index (χ3n) is 4.62. The third kappa shape index (κ3) is 3.36. The van der Waals surface area contributed by atoms with Crippen LogP contribution < -0.4 is 11.1 Å². The van der Waals surface area contributed by atoms with E-state index < -0.39 is 17.8 Å². The van der Waals surface area contributed by atoms with Gasteiger partial charge in [0.25, 0.3) is 0 Å². The van der Waals surface area contributed by atoms with Gasteiger partial charge in [0, 0.05) is 5.69 Å². The van der Waals surface area contributed by atoms with Crippen molar-refractivity contribution in [2.24, 2.45) is 0 Å². The average molecular weight is 368 g/mol. The number of nitrogens with one attached hydrogen (secondary N) is 1. The quantitative estimate of drug-likeness (QED) is 0.719. The summed E-state index contributed by atoms with van der Waals surface area (Å²) < 4.78 is 6.37. The molecule has 27 heavy (non-hydrogen) atoms. The van der Waals surface area contributed by atoms with Gasteiger partial charge in [-0.15, -0.1) is 0 Å². The van der Waals surface area contributed by atoms with E-state index in [1.54, 1.807) is 6.92 Å². The molecule has 0 bridgehead atoms. The van der Waals surface area contributed by atoms with Gasteiger partial charge in [-0.1, -0.05) is 25.1 Å². The van der Waals surface area contributed by atoms with E-state index in [9.17, 15) is 14.4 Å². The molecular weight excluding hydrogens is 348 g/mol. The molecule has 0 radical (unpaired) electrons. The molecule has 0 aliphatic heterocycles. The predicted octanol–water partition coefficient (Wildman–Crippen LogP) is 3.36. The normalized spacial score (nSPS) is 12.1. The monoisotopic (exact) mass is 368 g/mol. The highest BCUT2D eigenvalue weighted by molar-refractivity contribution is 5.96. The van der Waals surface area contributed by atoms with Crippen LogP contribution in [0.25, 0.3) is 11.1 Å². The summed E-state index contributed by atoms with van der Waals surface area (Å²) in [7, 11) is 0. The SMILES string of the molecule is CCc1cccc(C)c1NC(=O)C(C)n1c(=O)oc2cc(C(=O)O)ccc21. The molecule has 1 atom stereocenters. The first-order valence-electron chi connectivity index (χ1n) is 8.61. The Morgan fingerprint density at radius 2 is 2.00 bits per heavy atom. The zero-order chi connectivity index (χ0) is 19.7. The van der Waals surface area contributed by atoms with E-state index in [1.807, 2.05) is 32.0 Å². The number of amides is 1. The van der Waals surface area contributed by atoms with E-state index >= 15 is 0 Å². The number of aryl methyl sites for hydroxylation is 2. The molecule has 1 unspecified atom stereocenters. The van der Waals surface area contributed by atoms with Gasteiger partial charge >= 0.3 is 11.7 Å². The van der Waals surface area contributed by atoms with Crippen molar-refractivity contribution >= 4 is 28.7 Å². The van der Waals surface area contributed by atoms with Gasteiger partial charge < -0.3 is 14.8 Å². The highest BCUT2D eigenvalue weighted by Crippen LogP contribution is 2.24. The number of nitrogens with zero attached hydrogens (tertiary/aromatic N) is 1. The number of anilines is 1. The lowest BCUT2D eigenvalue weighted by molar-refractivity contribution is -0.118. The van der Waals surface area contributed by atoms with Crippen LogP contribution in [0.1, 0.15) is 41.4 Å². The van der Waals surface area contributed by atoms with Gasteiger partial charge in [0.05, 0.1) is 11.1 Å². The number of aromatic nitrogens is 1. The fourth-order valence-corrected chi connectivity index (χ4v) is 3.08. The number of oxazole rings is 1. The molecule has 0 saturated carbocycles. The topological polar surface area (TPSA) is 102 Å². The van der Waals surface area contributed by atoms with Gasteiger partial charge in [-0.25, -0.2) is 9.59 Å². The van der Waals surface area contributed by atoms with Crippen LogP contribution in [0.3, 0.4) is 0 Å². The first-order valence-corrected chi connectivity index (χ1v) is 8.61. The first kappa shape index (κ1) is 18.4. The van der Waals surface area contributed by atoms with Gasteiger partial charge in [0.1, 0.15) is 6.04 Å². The van der Waals surface area contributed by atoms with Crippen molar-refractivity contribution in [1.29, 1.82) is 0 Å². The Labute approximate surface area is 155 Å². The number of benzene rings is 2. The van der Waals surface area contributed by atoms with Gasteiger partial charge in [-0.2, -0.15) is 0 Å². The molecule has 0 fully saturated rings. The molecule has 140 valence electrons. The second kappa shape index (κ2) is 7.11. The highest BCUT2D eigenvalue weighted by atomic mass is 16.4. The molecule has 2 N–H and O–H groups in total. The molecule has 0 aliphatic rings. The maximum atomic E-state index is 12.8. The fourth-order valence-electron chi connectivity index (χ4n) is 3.08. The number of hydrogen-bond acceptors (Lipinski definition) is 4. The Bertz CT molecular complexity index is 1090. The second-order valence-corrected chi connectivity index (χ2v) is 6.35. The van der Waals surface area contributed by atoms with Crippen molar-refractivity contribution in [3.8, 4) is 0 Å². The molecule has 1 aromatic heterocycles. The summed E-state index contributed by atoms with van der Waals surface area (Å²) in [5.74, 6) is -2.19. The van der Waals surface area contributed by atoms with Crippen LogP contribution in [-0.4, -0.2) is 21.6 Å². The van der Waals surface area contributed by atoms with E-state index in [0.717, 1.165) is 23.2 Å². The zero-order valence-corrected chi connectivity index (χ0v) is 15.3. The Morgan fingerprint density at radius 1 is 1.26 bits per heavy atom. The molecule has 3 rings (SSSR count). The van der Waals surface area contributed by atoms with Gasteiger partial charge in [-0.3, -0.25) is 9.36 Å². The Morgan fingerprint density at radius 3 is 2.67 bits per heavy atom. The standard InChI is InChI=1S/C20H20N2O5/c1-4-13-7-5-6-11(2)17(13)21-18(23)12(3)22-15-9-8-14(19(24)25)10-16(15)27-20(22)26/h5-10,12H,4H2,1-3H3,(H,21,23)(H,24,25). The number of carboxylic acids is 1. The molecular formula is C20H20N2O5. The lowest BCUT2D eigenvalue weighted by Gasteiger charge is -2.17. The Hall–Kier alpha value is -3.35. The fraction of sp³-hybridized carbons (Fsp3) is 0.250. The Balaban J connectivity index is 1.97. The number of para-hydroxylation sites is 1. The molecule has 7 nitrogen and oxygen atoms in total. The second-order valence-electron chi connectivity index (χ2n) is 6.35. The van der Waals surface area contributed by atoms with Crippen LogP contribution in [0.4, 0.5) is 5.69 Å². The molecule has 1 amide bonds. The third-order valence-corrected chi connectivity index (χ3v) is 4.62. The molecule has 7 heteroatoms. The lowest BCUT2D eigenvalue weighted by Crippen LogP contribution is -2.29. The summed E-state index contributed by atoms with van der Waals surface area (Å²) in [6.07, 6.45) is 0.762. The van der Waals surface area contributed by atoms with Crippen LogP contribution in [0.15, 0.2) is 45.6 Å². The number of aromatic carboxylic acids is 1. The largest absolute Gasteiger partial charge is 0.478 e.